The number of anilines is 1. The molecule has 142 valence electrons. The van der Waals surface area contributed by atoms with E-state index in [1.807, 2.05) is 32.0 Å². The van der Waals surface area contributed by atoms with Gasteiger partial charge in [-0.1, -0.05) is 24.3 Å². The van der Waals surface area contributed by atoms with Crippen LogP contribution in [0.5, 0.6) is 0 Å². The zero-order chi connectivity index (χ0) is 20.1. The van der Waals surface area contributed by atoms with Crippen molar-refractivity contribution in [1.82, 2.24) is 10.3 Å². The van der Waals surface area contributed by atoms with Gasteiger partial charge in [0.2, 0.25) is 0 Å². The van der Waals surface area contributed by atoms with E-state index in [2.05, 4.69) is 15.6 Å². The first kappa shape index (κ1) is 19.2. The van der Waals surface area contributed by atoms with Crippen LogP contribution in [0.3, 0.4) is 0 Å². The molecule has 0 bridgehead atoms. The van der Waals surface area contributed by atoms with E-state index in [9.17, 15) is 14.0 Å². The second kappa shape index (κ2) is 8.43. The van der Waals surface area contributed by atoms with Gasteiger partial charge in [-0.3, -0.25) is 9.59 Å². The van der Waals surface area contributed by atoms with Crippen LogP contribution in [-0.4, -0.2) is 16.8 Å². The Balaban J connectivity index is 1.66. The van der Waals surface area contributed by atoms with Crippen molar-refractivity contribution in [2.24, 2.45) is 0 Å². The van der Waals surface area contributed by atoms with Crippen molar-refractivity contribution >= 4 is 17.5 Å². The van der Waals surface area contributed by atoms with Gasteiger partial charge in [-0.25, -0.2) is 9.37 Å². The van der Waals surface area contributed by atoms with Crippen molar-refractivity contribution in [3.8, 4) is 0 Å². The number of carbonyl (C=O) groups is 2. The zero-order valence-electron chi connectivity index (χ0n) is 15.6. The highest BCUT2D eigenvalue weighted by Gasteiger charge is 2.13. The highest BCUT2D eigenvalue weighted by molar-refractivity contribution is 6.03. The minimum absolute atomic E-state index is 0.134. The van der Waals surface area contributed by atoms with Crippen LogP contribution in [0.4, 0.5) is 10.1 Å². The largest absolute Gasteiger partial charge is 0.347 e. The van der Waals surface area contributed by atoms with Crippen LogP contribution in [0.2, 0.25) is 0 Å². The van der Waals surface area contributed by atoms with Gasteiger partial charge in [-0.2, -0.15) is 0 Å². The molecule has 0 spiro atoms. The summed E-state index contributed by atoms with van der Waals surface area (Å²) in [5.41, 5.74) is 3.91. The molecule has 0 saturated carbocycles. The SMILES string of the molecule is Cc1ccc(NC(=O)c2cccc(C(=O)NCc3ccc(F)cc3)n2)cc1C. The first-order valence-corrected chi connectivity index (χ1v) is 8.80. The third-order valence-corrected chi connectivity index (χ3v) is 4.35. The Morgan fingerprint density at radius 2 is 1.57 bits per heavy atom. The topological polar surface area (TPSA) is 71.1 Å². The maximum Gasteiger partial charge on any atom is 0.274 e. The molecule has 5 nitrogen and oxygen atoms in total. The number of aryl methyl sites for hydroxylation is 2. The van der Waals surface area contributed by atoms with Crippen molar-refractivity contribution in [2.45, 2.75) is 20.4 Å². The molecule has 0 unspecified atom stereocenters. The molecule has 0 aliphatic carbocycles. The molecule has 2 amide bonds. The van der Waals surface area contributed by atoms with Crippen LogP contribution < -0.4 is 10.6 Å². The summed E-state index contributed by atoms with van der Waals surface area (Å²) >= 11 is 0. The lowest BCUT2D eigenvalue weighted by Crippen LogP contribution is -2.25. The van der Waals surface area contributed by atoms with E-state index in [-0.39, 0.29) is 23.7 Å². The fourth-order valence-corrected chi connectivity index (χ4v) is 2.58. The summed E-state index contributed by atoms with van der Waals surface area (Å²) in [6, 6.07) is 16.2. The summed E-state index contributed by atoms with van der Waals surface area (Å²) in [6.45, 7) is 4.20. The smallest absolute Gasteiger partial charge is 0.274 e. The normalized spacial score (nSPS) is 10.4. The molecular weight excluding hydrogens is 357 g/mol. The van der Waals surface area contributed by atoms with Gasteiger partial charge in [0.1, 0.15) is 17.2 Å². The fourth-order valence-electron chi connectivity index (χ4n) is 2.58. The fraction of sp³-hybridized carbons (Fsp3) is 0.136. The summed E-state index contributed by atoms with van der Waals surface area (Å²) in [7, 11) is 0. The van der Waals surface area contributed by atoms with Crippen LogP contribution in [-0.2, 0) is 6.54 Å². The maximum absolute atomic E-state index is 12.9. The number of pyridine rings is 1. The molecular formula is C22H20FN3O2. The van der Waals surface area contributed by atoms with Crippen LogP contribution in [0.15, 0.2) is 60.7 Å². The Morgan fingerprint density at radius 1 is 0.893 bits per heavy atom. The van der Waals surface area contributed by atoms with Gasteiger partial charge in [0.25, 0.3) is 11.8 Å². The average Bonchev–Trinajstić information content (AvgIpc) is 2.70. The number of halogens is 1. The summed E-state index contributed by atoms with van der Waals surface area (Å²) < 4.78 is 12.9. The second-order valence-electron chi connectivity index (χ2n) is 6.47. The third-order valence-electron chi connectivity index (χ3n) is 4.35. The van der Waals surface area contributed by atoms with E-state index >= 15 is 0 Å². The zero-order valence-corrected chi connectivity index (χ0v) is 15.6. The van der Waals surface area contributed by atoms with Crippen LogP contribution in [0.25, 0.3) is 0 Å². The van der Waals surface area contributed by atoms with Gasteiger partial charge >= 0.3 is 0 Å². The molecule has 3 aromatic rings. The van der Waals surface area contributed by atoms with E-state index in [1.165, 1.54) is 18.2 Å². The molecule has 0 atom stereocenters. The third kappa shape index (κ3) is 4.79. The van der Waals surface area contributed by atoms with E-state index in [0.717, 1.165) is 16.7 Å². The van der Waals surface area contributed by atoms with E-state index in [4.69, 9.17) is 0 Å². The van der Waals surface area contributed by atoms with Crippen molar-refractivity contribution < 1.29 is 14.0 Å². The molecule has 1 aromatic heterocycles. The monoisotopic (exact) mass is 377 g/mol. The Morgan fingerprint density at radius 3 is 2.25 bits per heavy atom. The van der Waals surface area contributed by atoms with Crippen molar-refractivity contribution in [1.29, 1.82) is 0 Å². The molecule has 0 radical (unpaired) electrons. The van der Waals surface area contributed by atoms with Gasteiger partial charge in [-0.15, -0.1) is 0 Å². The number of hydrogen-bond acceptors (Lipinski definition) is 3. The lowest BCUT2D eigenvalue weighted by Gasteiger charge is -2.09. The minimum Gasteiger partial charge on any atom is -0.347 e. The predicted octanol–water partition coefficient (Wildman–Crippen LogP) is 4.02. The van der Waals surface area contributed by atoms with Gasteiger partial charge in [0.05, 0.1) is 0 Å². The number of rotatable bonds is 5. The van der Waals surface area contributed by atoms with Gasteiger partial charge < -0.3 is 10.6 Å². The lowest BCUT2D eigenvalue weighted by molar-refractivity contribution is 0.0945. The van der Waals surface area contributed by atoms with E-state index in [1.54, 1.807) is 24.3 Å². The summed E-state index contributed by atoms with van der Waals surface area (Å²) in [5, 5.41) is 5.50. The minimum atomic E-state index is -0.412. The molecule has 0 fully saturated rings. The van der Waals surface area contributed by atoms with Crippen molar-refractivity contribution in [2.75, 3.05) is 5.32 Å². The number of benzene rings is 2. The average molecular weight is 377 g/mol. The Hall–Kier alpha value is -3.54. The van der Waals surface area contributed by atoms with E-state index in [0.29, 0.717) is 5.69 Å². The molecule has 2 aromatic carbocycles. The van der Waals surface area contributed by atoms with E-state index < -0.39 is 11.8 Å². The van der Waals surface area contributed by atoms with Gasteiger partial charge in [0.15, 0.2) is 0 Å². The standard InChI is InChI=1S/C22H20FN3O2/c1-14-6-11-18(12-15(14)2)25-22(28)20-5-3-4-19(26-20)21(27)24-13-16-7-9-17(23)10-8-16/h3-12H,13H2,1-2H3,(H,24,27)(H,25,28). The molecule has 1 heterocycles. The highest BCUT2D eigenvalue weighted by Crippen LogP contribution is 2.15. The molecule has 3 rings (SSSR count). The van der Waals surface area contributed by atoms with Crippen molar-refractivity contribution in [3.05, 3.63) is 94.6 Å². The molecule has 0 aliphatic heterocycles. The number of nitrogens with one attached hydrogen (secondary N) is 2. The number of hydrogen-bond donors (Lipinski definition) is 2. The molecule has 6 heteroatoms. The summed E-state index contributed by atoms with van der Waals surface area (Å²) in [5.74, 6) is -1.14. The number of amides is 2. The second-order valence-corrected chi connectivity index (χ2v) is 6.47. The number of nitrogens with zero attached hydrogens (tertiary/aromatic N) is 1. The Labute approximate surface area is 162 Å². The lowest BCUT2D eigenvalue weighted by atomic mass is 10.1. The molecule has 2 N–H and O–H groups in total. The van der Waals surface area contributed by atoms with Crippen LogP contribution >= 0.6 is 0 Å². The predicted molar refractivity (Wildman–Crippen MR) is 106 cm³/mol. The Kier molecular flexibility index (Phi) is 5.79. The Bertz CT molecular complexity index is 1020. The first-order valence-electron chi connectivity index (χ1n) is 8.80. The summed E-state index contributed by atoms with van der Waals surface area (Å²) in [4.78, 5) is 28.9. The molecule has 28 heavy (non-hydrogen) atoms. The number of carbonyl (C=O) groups excluding carboxylic acids is 2. The first-order chi connectivity index (χ1) is 13.4. The number of aromatic nitrogens is 1. The highest BCUT2D eigenvalue weighted by atomic mass is 19.1. The summed E-state index contributed by atoms with van der Waals surface area (Å²) in [6.07, 6.45) is 0. The van der Waals surface area contributed by atoms with Gasteiger partial charge in [0, 0.05) is 12.2 Å². The maximum atomic E-state index is 12.9. The van der Waals surface area contributed by atoms with Crippen LogP contribution in [0, 0.1) is 19.7 Å². The molecule has 0 aliphatic rings. The molecule has 0 saturated heterocycles. The van der Waals surface area contributed by atoms with Crippen molar-refractivity contribution in [3.63, 3.8) is 0 Å². The van der Waals surface area contributed by atoms with Crippen LogP contribution in [0.1, 0.15) is 37.7 Å². The van der Waals surface area contributed by atoms with Gasteiger partial charge in [-0.05, 0) is 66.9 Å². The quantitative estimate of drug-likeness (QED) is 0.705.